The van der Waals surface area contributed by atoms with Crippen LogP contribution in [0.4, 0.5) is 0 Å². The largest absolute Gasteiger partial charge is 0.508 e. The molecule has 2 aromatic carbocycles. The molecule has 4 atom stereocenters. The van der Waals surface area contributed by atoms with Crippen LogP contribution in [0, 0.1) is 5.92 Å². The molecule has 230 valence electrons. The van der Waals surface area contributed by atoms with Crippen molar-refractivity contribution >= 4 is 40.6 Å². The molecular formula is C30H37N5O8. The smallest absolute Gasteiger partial charge is 0.326 e. The second-order valence-electron chi connectivity index (χ2n) is 10.8. The number of nitrogens with two attached hydrogens (primary N) is 1. The zero-order valence-electron chi connectivity index (χ0n) is 23.9. The highest BCUT2D eigenvalue weighted by Gasteiger charge is 2.32. The molecule has 43 heavy (non-hydrogen) atoms. The molecule has 1 aromatic heterocycles. The van der Waals surface area contributed by atoms with Gasteiger partial charge in [-0.15, -0.1) is 0 Å². The Labute approximate surface area is 247 Å². The summed E-state index contributed by atoms with van der Waals surface area (Å²) in [6.45, 7) is 3.79. The molecule has 0 radical (unpaired) electrons. The minimum Gasteiger partial charge on any atom is -0.508 e. The van der Waals surface area contributed by atoms with E-state index in [1.807, 2.05) is 38.1 Å². The molecule has 0 saturated heterocycles. The number of carbonyl (C=O) groups excluding carboxylic acids is 3. The quantitative estimate of drug-likeness (QED) is 0.125. The number of amides is 3. The lowest BCUT2D eigenvalue weighted by Gasteiger charge is -2.25. The van der Waals surface area contributed by atoms with E-state index in [0.29, 0.717) is 17.5 Å². The van der Waals surface area contributed by atoms with Crippen LogP contribution >= 0.6 is 0 Å². The average Bonchev–Trinajstić information content (AvgIpc) is 3.35. The standard InChI is InChI=1S/C30H37N5O8/c1-16(2)11-21(31)27(39)33-23(13-18-15-32-22-6-4-3-5-20(18)22)28(40)34-24(14-26(37)38)29(41)35-25(30(42)43)12-17-7-9-19(36)10-8-17/h3-10,15-16,21,23-25,32,36H,11-14,31H2,1-2H3,(H,33,39)(H,34,40)(H,35,41)(H,37,38)(H,42,43). The molecule has 0 saturated carbocycles. The van der Waals surface area contributed by atoms with Crippen LogP contribution in [0.15, 0.2) is 54.7 Å². The van der Waals surface area contributed by atoms with E-state index in [4.69, 9.17) is 5.73 Å². The van der Waals surface area contributed by atoms with Gasteiger partial charge < -0.3 is 42.0 Å². The third-order valence-electron chi connectivity index (χ3n) is 6.80. The van der Waals surface area contributed by atoms with Crippen molar-refractivity contribution in [2.75, 3.05) is 0 Å². The Morgan fingerprint density at radius 3 is 2.05 bits per heavy atom. The molecular weight excluding hydrogens is 558 g/mol. The van der Waals surface area contributed by atoms with E-state index in [2.05, 4.69) is 20.9 Å². The molecule has 0 aliphatic rings. The number of hydrogen-bond acceptors (Lipinski definition) is 7. The summed E-state index contributed by atoms with van der Waals surface area (Å²) in [6, 6.07) is 7.76. The number of carboxylic acids is 2. The second kappa shape index (κ2) is 14.8. The molecule has 0 aliphatic heterocycles. The van der Waals surface area contributed by atoms with Gasteiger partial charge >= 0.3 is 11.9 Å². The third kappa shape index (κ3) is 9.57. The zero-order chi connectivity index (χ0) is 31.7. The Morgan fingerprint density at radius 2 is 1.42 bits per heavy atom. The van der Waals surface area contributed by atoms with Gasteiger partial charge in [-0.05, 0) is 41.7 Å². The van der Waals surface area contributed by atoms with Crippen molar-refractivity contribution in [2.24, 2.45) is 11.7 Å². The van der Waals surface area contributed by atoms with E-state index in [1.54, 1.807) is 6.20 Å². The van der Waals surface area contributed by atoms with Gasteiger partial charge in [0.1, 0.15) is 23.9 Å². The summed E-state index contributed by atoms with van der Waals surface area (Å²) >= 11 is 0. The molecule has 13 nitrogen and oxygen atoms in total. The number of hydrogen-bond donors (Lipinski definition) is 8. The highest BCUT2D eigenvalue weighted by molar-refractivity contribution is 5.96. The summed E-state index contributed by atoms with van der Waals surface area (Å²) in [4.78, 5) is 66.2. The van der Waals surface area contributed by atoms with E-state index in [1.165, 1.54) is 24.3 Å². The van der Waals surface area contributed by atoms with E-state index in [-0.39, 0.29) is 24.5 Å². The Hall–Kier alpha value is -4.91. The normalized spacial score (nSPS) is 14.0. The first-order chi connectivity index (χ1) is 20.3. The van der Waals surface area contributed by atoms with Crippen LogP contribution in [-0.2, 0) is 36.8 Å². The Kier molecular flexibility index (Phi) is 11.2. The minimum atomic E-state index is -1.65. The van der Waals surface area contributed by atoms with Gasteiger partial charge in [0, 0.05) is 29.9 Å². The molecule has 0 bridgehead atoms. The average molecular weight is 596 g/mol. The van der Waals surface area contributed by atoms with Crippen molar-refractivity contribution in [3.05, 3.63) is 65.9 Å². The van der Waals surface area contributed by atoms with Gasteiger partial charge in [-0.1, -0.05) is 44.2 Å². The van der Waals surface area contributed by atoms with Gasteiger partial charge in [-0.2, -0.15) is 0 Å². The van der Waals surface area contributed by atoms with Crippen molar-refractivity contribution in [3.63, 3.8) is 0 Å². The van der Waals surface area contributed by atoms with Gasteiger partial charge in [0.2, 0.25) is 17.7 Å². The Morgan fingerprint density at radius 1 is 0.814 bits per heavy atom. The molecule has 4 unspecified atom stereocenters. The molecule has 0 fully saturated rings. The van der Waals surface area contributed by atoms with Crippen LogP contribution in [0.3, 0.4) is 0 Å². The first kappa shape index (κ1) is 32.6. The van der Waals surface area contributed by atoms with E-state index in [0.717, 1.165) is 10.9 Å². The Balaban J connectivity index is 1.82. The number of rotatable bonds is 15. The summed E-state index contributed by atoms with van der Waals surface area (Å²) < 4.78 is 0. The summed E-state index contributed by atoms with van der Waals surface area (Å²) in [5, 5.41) is 36.7. The molecule has 0 spiro atoms. The first-order valence-electron chi connectivity index (χ1n) is 13.8. The zero-order valence-corrected chi connectivity index (χ0v) is 23.9. The number of aromatic amines is 1. The van der Waals surface area contributed by atoms with Crippen LogP contribution in [-0.4, -0.2) is 74.1 Å². The van der Waals surface area contributed by atoms with E-state index < -0.39 is 60.2 Å². The summed E-state index contributed by atoms with van der Waals surface area (Å²) in [5.41, 5.74) is 8.02. The van der Waals surface area contributed by atoms with Crippen molar-refractivity contribution in [1.29, 1.82) is 0 Å². The molecule has 9 N–H and O–H groups in total. The fourth-order valence-electron chi connectivity index (χ4n) is 4.62. The summed E-state index contributed by atoms with van der Waals surface area (Å²) in [5.74, 6) is -5.18. The fraction of sp³-hybridized carbons (Fsp3) is 0.367. The lowest BCUT2D eigenvalue weighted by molar-refractivity contribution is -0.143. The number of carboxylic acid groups (broad SMARTS) is 2. The van der Waals surface area contributed by atoms with Crippen LogP contribution in [0.25, 0.3) is 10.9 Å². The lowest BCUT2D eigenvalue weighted by atomic mass is 10.0. The predicted molar refractivity (Wildman–Crippen MR) is 157 cm³/mol. The van der Waals surface area contributed by atoms with Crippen molar-refractivity contribution in [1.82, 2.24) is 20.9 Å². The lowest BCUT2D eigenvalue weighted by Crippen LogP contribution is -2.58. The number of aromatic hydroxyl groups is 1. The SMILES string of the molecule is CC(C)CC(N)C(=O)NC(Cc1c[nH]c2ccccc12)C(=O)NC(CC(=O)O)C(=O)NC(Cc1ccc(O)cc1)C(=O)O. The topological polar surface area (TPSA) is 224 Å². The number of aliphatic carboxylic acids is 2. The fourth-order valence-corrected chi connectivity index (χ4v) is 4.62. The molecule has 3 amide bonds. The Bertz CT molecular complexity index is 1450. The molecule has 3 rings (SSSR count). The number of benzene rings is 2. The van der Waals surface area contributed by atoms with E-state index >= 15 is 0 Å². The van der Waals surface area contributed by atoms with Crippen molar-refractivity contribution in [3.8, 4) is 5.75 Å². The number of nitrogens with one attached hydrogen (secondary N) is 4. The number of fused-ring (bicyclic) bond motifs is 1. The van der Waals surface area contributed by atoms with Crippen LogP contribution in [0.1, 0.15) is 37.8 Å². The van der Waals surface area contributed by atoms with Gasteiger partial charge in [0.05, 0.1) is 12.5 Å². The maximum absolute atomic E-state index is 13.5. The monoisotopic (exact) mass is 595 g/mol. The summed E-state index contributed by atoms with van der Waals surface area (Å²) in [6.07, 6.45) is 1.03. The molecule has 0 aliphatic carbocycles. The molecule has 3 aromatic rings. The molecule has 13 heteroatoms. The third-order valence-corrected chi connectivity index (χ3v) is 6.80. The minimum absolute atomic E-state index is 0.00397. The maximum Gasteiger partial charge on any atom is 0.326 e. The number of carbonyl (C=O) groups is 5. The van der Waals surface area contributed by atoms with Gasteiger partial charge in [0.25, 0.3) is 0 Å². The van der Waals surface area contributed by atoms with Crippen LogP contribution in [0.2, 0.25) is 0 Å². The highest BCUT2D eigenvalue weighted by atomic mass is 16.4. The van der Waals surface area contributed by atoms with Crippen molar-refractivity contribution in [2.45, 2.75) is 63.7 Å². The summed E-state index contributed by atoms with van der Waals surface area (Å²) in [7, 11) is 0. The number of aromatic nitrogens is 1. The number of phenols is 1. The molecule has 1 heterocycles. The number of para-hydroxylation sites is 1. The van der Waals surface area contributed by atoms with Crippen LogP contribution in [0.5, 0.6) is 5.75 Å². The maximum atomic E-state index is 13.5. The highest BCUT2D eigenvalue weighted by Crippen LogP contribution is 2.19. The van der Waals surface area contributed by atoms with Gasteiger partial charge in [0.15, 0.2) is 0 Å². The predicted octanol–water partition coefficient (Wildman–Crippen LogP) is 1.05. The second-order valence-corrected chi connectivity index (χ2v) is 10.8. The number of H-pyrrole nitrogens is 1. The van der Waals surface area contributed by atoms with E-state index in [9.17, 15) is 39.3 Å². The van der Waals surface area contributed by atoms with Gasteiger partial charge in [-0.3, -0.25) is 19.2 Å². The van der Waals surface area contributed by atoms with Crippen LogP contribution < -0.4 is 21.7 Å². The number of phenolic OH excluding ortho intramolecular Hbond substituents is 1. The van der Waals surface area contributed by atoms with Gasteiger partial charge in [-0.25, -0.2) is 4.79 Å². The first-order valence-corrected chi connectivity index (χ1v) is 13.8. The van der Waals surface area contributed by atoms with Crippen molar-refractivity contribution < 1.29 is 39.3 Å².